The van der Waals surface area contributed by atoms with Gasteiger partial charge in [-0.15, -0.1) is 0 Å². The maximum absolute atomic E-state index is 12.4. The third kappa shape index (κ3) is 4.77. The molecule has 2 aromatic carbocycles. The Morgan fingerprint density at radius 2 is 2.04 bits per heavy atom. The molecule has 0 bridgehead atoms. The molecule has 7 nitrogen and oxygen atoms in total. The molecule has 1 atom stereocenters. The van der Waals surface area contributed by atoms with Gasteiger partial charge < -0.3 is 25.2 Å². The molecular formula is C20H22N2O5. The summed E-state index contributed by atoms with van der Waals surface area (Å²) in [5.74, 6) is -0.227. The van der Waals surface area contributed by atoms with E-state index >= 15 is 0 Å². The minimum atomic E-state index is -0.852. The predicted octanol–water partition coefficient (Wildman–Crippen LogP) is 3.82. The molecule has 0 saturated heterocycles. The van der Waals surface area contributed by atoms with Gasteiger partial charge in [0.25, 0.3) is 0 Å². The van der Waals surface area contributed by atoms with E-state index in [4.69, 9.17) is 14.6 Å². The summed E-state index contributed by atoms with van der Waals surface area (Å²) in [5, 5.41) is 14.4. The summed E-state index contributed by atoms with van der Waals surface area (Å²) in [7, 11) is 1.66. The molecule has 0 aromatic heterocycles. The highest BCUT2D eigenvalue weighted by Crippen LogP contribution is 2.39. The lowest BCUT2D eigenvalue weighted by atomic mass is 10.0. The van der Waals surface area contributed by atoms with Crippen LogP contribution in [0.4, 0.5) is 16.2 Å². The highest BCUT2D eigenvalue weighted by atomic mass is 16.5. The second kappa shape index (κ2) is 8.55. The molecule has 2 amide bonds. The van der Waals surface area contributed by atoms with Crippen LogP contribution >= 0.6 is 0 Å². The highest BCUT2D eigenvalue weighted by molar-refractivity contribution is 6.00. The van der Waals surface area contributed by atoms with E-state index < -0.39 is 12.0 Å². The molecule has 1 aliphatic heterocycles. The number of amides is 2. The number of ether oxygens (including phenoxy) is 2. The van der Waals surface area contributed by atoms with Crippen LogP contribution in [0.1, 0.15) is 30.1 Å². The second-order valence-corrected chi connectivity index (χ2v) is 6.26. The summed E-state index contributed by atoms with van der Waals surface area (Å²) in [6.07, 6.45) is 1.17. The van der Waals surface area contributed by atoms with Gasteiger partial charge in [-0.05, 0) is 30.2 Å². The van der Waals surface area contributed by atoms with E-state index in [9.17, 15) is 9.59 Å². The van der Waals surface area contributed by atoms with E-state index in [1.807, 2.05) is 18.2 Å². The fourth-order valence-corrected chi connectivity index (χ4v) is 3.08. The van der Waals surface area contributed by atoms with Crippen molar-refractivity contribution in [3.8, 4) is 5.75 Å². The molecule has 1 heterocycles. The van der Waals surface area contributed by atoms with Gasteiger partial charge in [0.1, 0.15) is 5.75 Å². The van der Waals surface area contributed by atoms with Crippen LogP contribution in [0.3, 0.4) is 0 Å². The smallest absolute Gasteiger partial charge is 0.323 e. The van der Waals surface area contributed by atoms with Gasteiger partial charge in [0.2, 0.25) is 0 Å². The minimum Gasteiger partial charge on any atom is -0.491 e. The molecule has 1 unspecified atom stereocenters. The van der Waals surface area contributed by atoms with Crippen molar-refractivity contribution in [1.82, 2.24) is 0 Å². The zero-order valence-electron chi connectivity index (χ0n) is 15.0. The fourth-order valence-electron chi connectivity index (χ4n) is 3.08. The summed E-state index contributed by atoms with van der Waals surface area (Å²) < 4.78 is 11.2. The minimum absolute atomic E-state index is 0.0454. The molecule has 3 N–H and O–H groups in total. The predicted molar refractivity (Wildman–Crippen MR) is 101 cm³/mol. The number of rotatable bonds is 6. The van der Waals surface area contributed by atoms with Crippen molar-refractivity contribution in [2.75, 3.05) is 24.4 Å². The largest absolute Gasteiger partial charge is 0.491 e. The quantitative estimate of drug-likeness (QED) is 0.718. The van der Waals surface area contributed by atoms with E-state index in [1.165, 1.54) is 0 Å². The Hall–Kier alpha value is -3.06. The first-order chi connectivity index (χ1) is 13.1. The summed E-state index contributed by atoms with van der Waals surface area (Å²) in [6.45, 7) is 0.525. The maximum atomic E-state index is 12.4. The zero-order chi connectivity index (χ0) is 19.2. The Labute approximate surface area is 157 Å². The first-order valence-corrected chi connectivity index (χ1v) is 8.74. The van der Waals surface area contributed by atoms with E-state index in [0.717, 1.165) is 17.5 Å². The summed E-state index contributed by atoms with van der Waals surface area (Å²) in [6, 6.07) is 12.3. The molecule has 1 aliphatic rings. The third-order valence-corrected chi connectivity index (χ3v) is 4.36. The number of hydrogen-bond donors (Lipinski definition) is 3. The Kier molecular flexibility index (Phi) is 5.93. The van der Waals surface area contributed by atoms with Gasteiger partial charge in [-0.1, -0.05) is 24.3 Å². The lowest BCUT2D eigenvalue weighted by molar-refractivity contribution is -0.136. The number of methoxy groups -OCH3 is 1. The highest BCUT2D eigenvalue weighted by Gasteiger charge is 2.24. The van der Waals surface area contributed by atoms with Crippen molar-refractivity contribution >= 4 is 23.4 Å². The number of carboxylic acids is 1. The molecule has 7 heteroatoms. The van der Waals surface area contributed by atoms with E-state index in [0.29, 0.717) is 30.2 Å². The van der Waals surface area contributed by atoms with Crippen molar-refractivity contribution < 1.29 is 24.2 Å². The van der Waals surface area contributed by atoms with Crippen molar-refractivity contribution in [3.63, 3.8) is 0 Å². The maximum Gasteiger partial charge on any atom is 0.323 e. The number of aliphatic carboxylic acids is 1. The van der Waals surface area contributed by atoms with E-state index in [-0.39, 0.29) is 12.5 Å². The van der Waals surface area contributed by atoms with Crippen LogP contribution in [0.2, 0.25) is 0 Å². The van der Waals surface area contributed by atoms with E-state index in [2.05, 4.69) is 10.6 Å². The van der Waals surface area contributed by atoms with Gasteiger partial charge in [0, 0.05) is 31.2 Å². The second-order valence-electron chi connectivity index (χ2n) is 6.26. The molecule has 3 rings (SSSR count). The molecule has 0 spiro atoms. The molecule has 0 saturated carbocycles. The first kappa shape index (κ1) is 18.7. The van der Waals surface area contributed by atoms with Crippen molar-refractivity contribution in [2.45, 2.75) is 25.4 Å². The SMILES string of the molecule is COC1CCOc2c(NC(=O)Nc3cccc(CCC(=O)O)c3)cccc21. The number of carbonyl (C=O) groups excluding carboxylic acids is 1. The molecule has 0 radical (unpaired) electrons. The summed E-state index contributed by atoms with van der Waals surface area (Å²) in [5.41, 5.74) is 2.93. The molecule has 142 valence electrons. The van der Waals surface area contributed by atoms with Crippen molar-refractivity contribution in [3.05, 3.63) is 53.6 Å². The van der Waals surface area contributed by atoms with Gasteiger partial charge in [0.15, 0.2) is 0 Å². The average molecular weight is 370 g/mol. The number of aryl methyl sites for hydroxylation is 1. The van der Waals surface area contributed by atoms with Crippen molar-refractivity contribution in [2.24, 2.45) is 0 Å². The molecule has 0 fully saturated rings. The lowest BCUT2D eigenvalue weighted by Crippen LogP contribution is -2.22. The number of fused-ring (bicyclic) bond motifs is 1. The van der Waals surface area contributed by atoms with Gasteiger partial charge in [-0.2, -0.15) is 0 Å². The molecule has 0 aliphatic carbocycles. The van der Waals surface area contributed by atoms with Crippen LogP contribution < -0.4 is 15.4 Å². The zero-order valence-corrected chi connectivity index (χ0v) is 15.0. The number of nitrogens with one attached hydrogen (secondary N) is 2. The van der Waals surface area contributed by atoms with Crippen LogP contribution in [-0.4, -0.2) is 30.8 Å². The van der Waals surface area contributed by atoms with Crippen LogP contribution in [0.15, 0.2) is 42.5 Å². The number of carboxylic acid groups (broad SMARTS) is 1. The third-order valence-electron chi connectivity index (χ3n) is 4.36. The number of urea groups is 1. The molecular weight excluding hydrogens is 348 g/mol. The molecule has 27 heavy (non-hydrogen) atoms. The monoisotopic (exact) mass is 370 g/mol. The number of hydrogen-bond acceptors (Lipinski definition) is 4. The lowest BCUT2D eigenvalue weighted by Gasteiger charge is -2.26. The Bertz CT molecular complexity index is 837. The van der Waals surface area contributed by atoms with Gasteiger partial charge in [0.05, 0.1) is 18.4 Å². The van der Waals surface area contributed by atoms with Gasteiger partial charge in [-0.3, -0.25) is 4.79 Å². The Morgan fingerprint density at radius 3 is 2.81 bits per heavy atom. The van der Waals surface area contributed by atoms with Gasteiger partial charge >= 0.3 is 12.0 Å². The van der Waals surface area contributed by atoms with Crippen LogP contribution in [0.5, 0.6) is 5.75 Å². The first-order valence-electron chi connectivity index (χ1n) is 8.74. The average Bonchev–Trinajstić information content (AvgIpc) is 2.66. The number of benzene rings is 2. The Balaban J connectivity index is 1.68. The van der Waals surface area contributed by atoms with Crippen LogP contribution in [0.25, 0.3) is 0 Å². The molecule has 2 aromatic rings. The summed E-state index contributed by atoms with van der Waals surface area (Å²) >= 11 is 0. The topological polar surface area (TPSA) is 96.9 Å². The standard InChI is InChI=1S/C20H22N2O5/c1-26-17-10-11-27-19-15(17)6-3-7-16(19)22-20(25)21-14-5-2-4-13(12-14)8-9-18(23)24/h2-7,12,17H,8-11H2,1H3,(H,23,24)(H2,21,22,25). The number of anilines is 2. The Morgan fingerprint density at radius 1 is 1.22 bits per heavy atom. The van der Waals surface area contributed by atoms with Crippen LogP contribution in [0, 0.1) is 0 Å². The van der Waals surface area contributed by atoms with Gasteiger partial charge in [-0.25, -0.2) is 4.79 Å². The van der Waals surface area contributed by atoms with E-state index in [1.54, 1.807) is 31.4 Å². The normalized spacial score (nSPS) is 15.4. The number of carbonyl (C=O) groups is 2. The van der Waals surface area contributed by atoms with Crippen LogP contribution in [-0.2, 0) is 16.0 Å². The van der Waals surface area contributed by atoms with Crippen molar-refractivity contribution in [1.29, 1.82) is 0 Å². The fraction of sp³-hybridized carbons (Fsp3) is 0.300. The summed E-state index contributed by atoms with van der Waals surface area (Å²) in [4.78, 5) is 23.1. The number of para-hydroxylation sites is 1.